The fraction of sp³-hybridized carbons (Fsp3) is 0.733. The fourth-order valence-electron chi connectivity index (χ4n) is 2.92. The molecule has 2 N–H and O–H groups in total. The Morgan fingerprint density at radius 1 is 1.44 bits per heavy atom. The maximum Gasteiger partial charge on any atom is 0.0774 e. The van der Waals surface area contributed by atoms with Crippen molar-refractivity contribution >= 4 is 11.3 Å². The lowest BCUT2D eigenvalue weighted by molar-refractivity contribution is -0.0118. The first-order valence-corrected chi connectivity index (χ1v) is 7.93. The second-order valence-electron chi connectivity index (χ2n) is 5.75. The minimum atomic E-state index is -0.470. The molecule has 3 heteroatoms. The van der Waals surface area contributed by atoms with Gasteiger partial charge < -0.3 is 10.4 Å². The van der Waals surface area contributed by atoms with Crippen molar-refractivity contribution in [3.63, 3.8) is 0 Å². The molecule has 2 nitrogen and oxygen atoms in total. The Hall–Kier alpha value is -0.380. The van der Waals surface area contributed by atoms with Gasteiger partial charge in [-0.25, -0.2) is 0 Å². The van der Waals surface area contributed by atoms with Crippen LogP contribution in [0.25, 0.3) is 0 Å². The lowest BCUT2D eigenvalue weighted by Gasteiger charge is -2.35. The second-order valence-corrected chi connectivity index (χ2v) is 7.00. The van der Waals surface area contributed by atoms with E-state index in [2.05, 4.69) is 31.3 Å². The quantitative estimate of drug-likeness (QED) is 0.857. The van der Waals surface area contributed by atoms with E-state index in [1.54, 1.807) is 0 Å². The van der Waals surface area contributed by atoms with E-state index in [0.717, 1.165) is 32.4 Å². The zero-order chi connectivity index (χ0) is 13.0. The smallest absolute Gasteiger partial charge is 0.0774 e. The van der Waals surface area contributed by atoms with Crippen LogP contribution < -0.4 is 5.32 Å². The van der Waals surface area contributed by atoms with E-state index in [0.29, 0.717) is 5.92 Å². The Morgan fingerprint density at radius 3 is 2.89 bits per heavy atom. The van der Waals surface area contributed by atoms with Crippen molar-refractivity contribution in [1.29, 1.82) is 0 Å². The molecule has 1 aliphatic carbocycles. The van der Waals surface area contributed by atoms with E-state index in [1.807, 2.05) is 11.3 Å². The predicted octanol–water partition coefficient (Wildman–Crippen LogP) is 3.34. The number of rotatable bonds is 5. The summed E-state index contributed by atoms with van der Waals surface area (Å²) in [5.74, 6) is 0.666. The lowest BCUT2D eigenvalue weighted by Crippen LogP contribution is -2.43. The highest BCUT2D eigenvalue weighted by molar-refractivity contribution is 7.11. The van der Waals surface area contributed by atoms with Crippen LogP contribution in [0.1, 0.15) is 49.3 Å². The predicted molar refractivity (Wildman–Crippen MR) is 78.0 cm³/mol. The summed E-state index contributed by atoms with van der Waals surface area (Å²) in [6.07, 6.45) is 5.46. The summed E-state index contributed by atoms with van der Waals surface area (Å²) < 4.78 is 0. The molecule has 1 saturated carbocycles. The number of thiophene rings is 1. The highest BCUT2D eigenvalue weighted by Crippen LogP contribution is 2.31. The molecule has 0 bridgehead atoms. The first-order valence-electron chi connectivity index (χ1n) is 7.12. The molecule has 0 spiro atoms. The minimum absolute atomic E-state index is 0.470. The lowest BCUT2D eigenvalue weighted by atomic mass is 9.79. The first kappa shape index (κ1) is 14.0. The molecule has 0 amide bonds. The zero-order valence-corrected chi connectivity index (χ0v) is 12.4. The number of aliphatic hydroxyl groups is 1. The Morgan fingerprint density at radius 2 is 2.22 bits per heavy atom. The van der Waals surface area contributed by atoms with Crippen LogP contribution in [0.2, 0.25) is 0 Å². The van der Waals surface area contributed by atoms with Gasteiger partial charge in [0.25, 0.3) is 0 Å². The summed E-state index contributed by atoms with van der Waals surface area (Å²) >= 11 is 1.87. The monoisotopic (exact) mass is 267 g/mol. The van der Waals surface area contributed by atoms with Crippen molar-refractivity contribution in [2.45, 2.75) is 58.1 Å². The average Bonchev–Trinajstić information content (AvgIpc) is 2.76. The number of hydrogen-bond acceptors (Lipinski definition) is 3. The van der Waals surface area contributed by atoms with Gasteiger partial charge in [-0.3, -0.25) is 0 Å². The summed E-state index contributed by atoms with van der Waals surface area (Å²) in [5, 5.41) is 13.9. The number of nitrogens with one attached hydrogen (secondary N) is 1. The summed E-state index contributed by atoms with van der Waals surface area (Å²) in [6.45, 7) is 6.06. The average molecular weight is 267 g/mol. The maximum atomic E-state index is 10.5. The van der Waals surface area contributed by atoms with Gasteiger partial charge in [-0.2, -0.15) is 0 Å². The van der Waals surface area contributed by atoms with Crippen molar-refractivity contribution in [2.24, 2.45) is 5.92 Å². The van der Waals surface area contributed by atoms with Gasteiger partial charge in [-0.1, -0.05) is 26.7 Å². The van der Waals surface area contributed by atoms with Crippen molar-refractivity contribution in [2.75, 3.05) is 6.54 Å². The van der Waals surface area contributed by atoms with Gasteiger partial charge in [0.1, 0.15) is 0 Å². The largest absolute Gasteiger partial charge is 0.389 e. The topological polar surface area (TPSA) is 32.3 Å². The van der Waals surface area contributed by atoms with E-state index >= 15 is 0 Å². The normalized spacial score (nSPS) is 28.5. The summed E-state index contributed by atoms with van der Waals surface area (Å²) in [7, 11) is 0. The molecule has 1 fully saturated rings. The first-order chi connectivity index (χ1) is 8.61. The zero-order valence-electron chi connectivity index (χ0n) is 11.5. The van der Waals surface area contributed by atoms with Crippen LogP contribution in [-0.4, -0.2) is 17.3 Å². The van der Waals surface area contributed by atoms with E-state index in [4.69, 9.17) is 0 Å². The Kier molecular flexibility index (Phi) is 4.82. The fourth-order valence-corrected chi connectivity index (χ4v) is 3.85. The van der Waals surface area contributed by atoms with Crippen LogP contribution in [-0.2, 0) is 13.0 Å². The van der Waals surface area contributed by atoms with Crippen LogP contribution in [0.15, 0.2) is 12.1 Å². The SMILES string of the molecule is CCc1ccc(CNCC2(O)CCCC(C)C2)s1. The van der Waals surface area contributed by atoms with Gasteiger partial charge in [0, 0.05) is 22.8 Å². The standard InChI is InChI=1S/C15H25NOS/c1-3-13-6-7-14(18-13)10-16-11-15(17)8-4-5-12(2)9-15/h6-7,12,16-17H,3-5,8-11H2,1-2H3. The minimum Gasteiger partial charge on any atom is -0.389 e. The molecule has 0 aliphatic heterocycles. The molecule has 102 valence electrons. The number of hydrogen-bond donors (Lipinski definition) is 2. The molecule has 18 heavy (non-hydrogen) atoms. The molecule has 0 radical (unpaired) electrons. The van der Waals surface area contributed by atoms with Gasteiger partial charge in [-0.15, -0.1) is 11.3 Å². The summed E-state index contributed by atoms with van der Waals surface area (Å²) in [6, 6.07) is 4.41. The highest BCUT2D eigenvalue weighted by atomic mass is 32.1. The van der Waals surface area contributed by atoms with Crippen molar-refractivity contribution < 1.29 is 5.11 Å². The summed E-state index contributed by atoms with van der Waals surface area (Å²) in [5.41, 5.74) is -0.470. The highest BCUT2D eigenvalue weighted by Gasteiger charge is 2.31. The maximum absolute atomic E-state index is 10.5. The van der Waals surface area contributed by atoms with Crippen molar-refractivity contribution in [1.82, 2.24) is 5.32 Å². The molecular formula is C15H25NOS. The Bertz CT molecular complexity index is 376. The molecule has 1 aliphatic rings. The molecule has 2 rings (SSSR count). The van der Waals surface area contributed by atoms with E-state index < -0.39 is 5.60 Å². The van der Waals surface area contributed by atoms with Crippen LogP contribution in [0.5, 0.6) is 0 Å². The van der Waals surface area contributed by atoms with E-state index in [-0.39, 0.29) is 0 Å². The third-order valence-corrected chi connectivity index (χ3v) is 5.12. The molecule has 1 heterocycles. The Balaban J connectivity index is 1.77. The molecule has 1 aromatic rings. The van der Waals surface area contributed by atoms with Crippen LogP contribution in [0, 0.1) is 5.92 Å². The molecule has 0 aromatic carbocycles. The van der Waals surface area contributed by atoms with Gasteiger partial charge in [0.2, 0.25) is 0 Å². The summed E-state index contributed by atoms with van der Waals surface area (Å²) in [4.78, 5) is 2.82. The van der Waals surface area contributed by atoms with Crippen LogP contribution in [0.3, 0.4) is 0 Å². The van der Waals surface area contributed by atoms with Gasteiger partial charge in [0.15, 0.2) is 0 Å². The van der Waals surface area contributed by atoms with Crippen molar-refractivity contribution in [3.05, 3.63) is 21.9 Å². The molecule has 1 aromatic heterocycles. The van der Waals surface area contributed by atoms with Crippen LogP contribution >= 0.6 is 11.3 Å². The third-order valence-electron chi connectivity index (χ3n) is 3.89. The Labute approximate surface area is 114 Å². The van der Waals surface area contributed by atoms with E-state index in [9.17, 15) is 5.11 Å². The van der Waals surface area contributed by atoms with Crippen LogP contribution in [0.4, 0.5) is 0 Å². The molecular weight excluding hydrogens is 242 g/mol. The van der Waals surface area contributed by atoms with Crippen molar-refractivity contribution in [3.8, 4) is 0 Å². The number of aryl methyl sites for hydroxylation is 1. The third kappa shape index (κ3) is 3.81. The molecule has 2 atom stereocenters. The molecule has 0 saturated heterocycles. The van der Waals surface area contributed by atoms with Gasteiger partial charge in [-0.05, 0) is 37.3 Å². The van der Waals surface area contributed by atoms with Gasteiger partial charge in [0.05, 0.1) is 5.60 Å². The molecule has 2 unspecified atom stereocenters. The second kappa shape index (κ2) is 6.18. The van der Waals surface area contributed by atoms with E-state index in [1.165, 1.54) is 22.6 Å². The van der Waals surface area contributed by atoms with Gasteiger partial charge >= 0.3 is 0 Å².